The van der Waals surface area contributed by atoms with E-state index in [1.165, 1.54) is 12.1 Å². The molecule has 0 aliphatic carbocycles. The Morgan fingerprint density at radius 1 is 1.22 bits per heavy atom. The van der Waals surface area contributed by atoms with Crippen molar-refractivity contribution < 1.29 is 9.18 Å². The number of hydrogen-bond donors (Lipinski definition) is 1. The quantitative estimate of drug-likeness (QED) is 0.751. The molecule has 1 aromatic carbocycles. The monoisotopic (exact) mass is 252 g/mol. The molecule has 0 bridgehead atoms. The van der Waals surface area contributed by atoms with Crippen LogP contribution >= 0.6 is 0 Å². The average molecular weight is 252 g/mol. The highest BCUT2D eigenvalue weighted by Gasteiger charge is 2.02. The van der Waals surface area contributed by atoms with Crippen LogP contribution in [0.25, 0.3) is 0 Å². The molecule has 1 amide bonds. The van der Waals surface area contributed by atoms with Crippen LogP contribution < -0.4 is 5.32 Å². The number of amides is 1. The molecule has 1 rings (SSSR count). The average Bonchev–Trinajstić information content (AvgIpc) is 2.31. The van der Waals surface area contributed by atoms with Crippen LogP contribution in [0.1, 0.15) is 18.4 Å². The van der Waals surface area contributed by atoms with Crippen LogP contribution in [0, 0.1) is 5.82 Å². The molecule has 0 aromatic heterocycles. The van der Waals surface area contributed by atoms with Gasteiger partial charge in [0, 0.05) is 6.54 Å². The van der Waals surface area contributed by atoms with Gasteiger partial charge in [-0.05, 0) is 51.2 Å². The molecule has 0 aliphatic rings. The first-order valence-corrected chi connectivity index (χ1v) is 6.24. The van der Waals surface area contributed by atoms with Crippen molar-refractivity contribution in [2.75, 3.05) is 27.2 Å². The number of rotatable bonds is 7. The summed E-state index contributed by atoms with van der Waals surface area (Å²) in [5.41, 5.74) is 0.835. The molecule has 0 saturated heterocycles. The smallest absolute Gasteiger partial charge is 0.224 e. The zero-order valence-corrected chi connectivity index (χ0v) is 11.1. The summed E-state index contributed by atoms with van der Waals surface area (Å²) in [4.78, 5) is 13.7. The van der Waals surface area contributed by atoms with Crippen LogP contribution in [0.15, 0.2) is 24.3 Å². The first-order valence-electron chi connectivity index (χ1n) is 6.24. The maximum Gasteiger partial charge on any atom is 0.224 e. The molecule has 0 aliphatic heterocycles. The molecule has 0 radical (unpaired) electrons. The first kappa shape index (κ1) is 14.6. The summed E-state index contributed by atoms with van der Waals surface area (Å²) in [7, 11) is 4.07. The maximum absolute atomic E-state index is 12.7. The molecule has 1 aromatic rings. The van der Waals surface area contributed by atoms with E-state index in [1.54, 1.807) is 12.1 Å². The summed E-state index contributed by atoms with van der Waals surface area (Å²) in [5, 5.41) is 2.87. The number of nitrogens with zero attached hydrogens (tertiary/aromatic N) is 1. The van der Waals surface area contributed by atoms with E-state index in [2.05, 4.69) is 10.2 Å². The van der Waals surface area contributed by atoms with Crippen LogP contribution in [-0.4, -0.2) is 38.0 Å². The lowest BCUT2D eigenvalue weighted by atomic mass is 10.1. The van der Waals surface area contributed by atoms with E-state index in [0.717, 1.165) is 24.9 Å². The van der Waals surface area contributed by atoms with Crippen LogP contribution in [0.2, 0.25) is 0 Å². The van der Waals surface area contributed by atoms with Gasteiger partial charge in [0.25, 0.3) is 0 Å². The zero-order valence-electron chi connectivity index (χ0n) is 11.1. The standard InChI is InChI=1S/C14H21FN2O/c1-17(2)10-4-3-9-16-14(18)11-12-5-7-13(15)8-6-12/h5-8H,3-4,9-11H2,1-2H3,(H,16,18). The molecule has 0 atom stereocenters. The lowest BCUT2D eigenvalue weighted by Gasteiger charge is -2.09. The van der Waals surface area contributed by atoms with E-state index in [-0.39, 0.29) is 11.7 Å². The van der Waals surface area contributed by atoms with Gasteiger partial charge in [0.05, 0.1) is 6.42 Å². The predicted molar refractivity (Wildman–Crippen MR) is 70.9 cm³/mol. The normalized spacial score (nSPS) is 10.7. The van der Waals surface area contributed by atoms with E-state index in [0.29, 0.717) is 13.0 Å². The lowest BCUT2D eigenvalue weighted by molar-refractivity contribution is -0.120. The van der Waals surface area contributed by atoms with Crippen molar-refractivity contribution in [3.05, 3.63) is 35.6 Å². The van der Waals surface area contributed by atoms with Gasteiger partial charge in [0.2, 0.25) is 5.91 Å². The molecule has 0 fully saturated rings. The number of carbonyl (C=O) groups is 1. The molecule has 100 valence electrons. The van der Waals surface area contributed by atoms with E-state index in [1.807, 2.05) is 14.1 Å². The van der Waals surface area contributed by atoms with Crippen molar-refractivity contribution in [3.8, 4) is 0 Å². The van der Waals surface area contributed by atoms with Crippen molar-refractivity contribution in [3.63, 3.8) is 0 Å². The number of unbranched alkanes of at least 4 members (excludes halogenated alkanes) is 1. The van der Waals surface area contributed by atoms with Gasteiger partial charge in [-0.2, -0.15) is 0 Å². The minimum atomic E-state index is -0.275. The largest absolute Gasteiger partial charge is 0.356 e. The van der Waals surface area contributed by atoms with Gasteiger partial charge in [-0.3, -0.25) is 4.79 Å². The van der Waals surface area contributed by atoms with Gasteiger partial charge in [0.15, 0.2) is 0 Å². The molecular weight excluding hydrogens is 231 g/mol. The third-order valence-corrected chi connectivity index (χ3v) is 2.63. The van der Waals surface area contributed by atoms with Crippen molar-refractivity contribution in [2.24, 2.45) is 0 Å². The minimum Gasteiger partial charge on any atom is -0.356 e. The SMILES string of the molecule is CN(C)CCCCNC(=O)Cc1ccc(F)cc1. The molecule has 0 unspecified atom stereocenters. The Kier molecular flexibility index (Phi) is 6.36. The third-order valence-electron chi connectivity index (χ3n) is 2.63. The summed E-state index contributed by atoms with van der Waals surface area (Å²) >= 11 is 0. The molecular formula is C14H21FN2O. The van der Waals surface area contributed by atoms with Crippen LogP contribution in [0.4, 0.5) is 4.39 Å². The summed E-state index contributed by atoms with van der Waals surface area (Å²) < 4.78 is 12.7. The van der Waals surface area contributed by atoms with Crippen LogP contribution in [-0.2, 0) is 11.2 Å². The Hall–Kier alpha value is -1.42. The highest BCUT2D eigenvalue weighted by Crippen LogP contribution is 2.03. The summed E-state index contributed by atoms with van der Waals surface area (Å²) in [6, 6.07) is 6.03. The van der Waals surface area contributed by atoms with Gasteiger partial charge in [-0.15, -0.1) is 0 Å². The van der Waals surface area contributed by atoms with Gasteiger partial charge >= 0.3 is 0 Å². The van der Waals surface area contributed by atoms with E-state index >= 15 is 0 Å². The molecule has 1 N–H and O–H groups in total. The second kappa shape index (κ2) is 7.82. The second-order valence-electron chi connectivity index (χ2n) is 4.66. The van der Waals surface area contributed by atoms with Crippen molar-refractivity contribution >= 4 is 5.91 Å². The number of carbonyl (C=O) groups excluding carboxylic acids is 1. The predicted octanol–water partition coefficient (Wildman–Crippen LogP) is 1.83. The minimum absolute atomic E-state index is 0.00791. The van der Waals surface area contributed by atoms with Crippen molar-refractivity contribution in [1.29, 1.82) is 0 Å². The van der Waals surface area contributed by atoms with Crippen LogP contribution in [0.5, 0.6) is 0 Å². The fourth-order valence-corrected chi connectivity index (χ4v) is 1.63. The van der Waals surface area contributed by atoms with Gasteiger partial charge in [-0.1, -0.05) is 12.1 Å². The topological polar surface area (TPSA) is 32.3 Å². The lowest BCUT2D eigenvalue weighted by Crippen LogP contribution is -2.26. The first-order chi connectivity index (χ1) is 8.58. The summed E-state index contributed by atoms with van der Waals surface area (Å²) in [6.07, 6.45) is 2.37. The van der Waals surface area contributed by atoms with Crippen molar-refractivity contribution in [2.45, 2.75) is 19.3 Å². The molecule has 0 saturated carbocycles. The second-order valence-corrected chi connectivity index (χ2v) is 4.66. The highest BCUT2D eigenvalue weighted by molar-refractivity contribution is 5.78. The summed E-state index contributed by atoms with van der Waals surface area (Å²) in [5.74, 6) is -0.283. The number of nitrogens with one attached hydrogen (secondary N) is 1. The van der Waals surface area contributed by atoms with Crippen molar-refractivity contribution in [1.82, 2.24) is 10.2 Å². The highest BCUT2D eigenvalue weighted by atomic mass is 19.1. The number of halogens is 1. The molecule has 3 nitrogen and oxygen atoms in total. The summed E-state index contributed by atoms with van der Waals surface area (Å²) in [6.45, 7) is 1.74. The van der Waals surface area contributed by atoms with E-state index < -0.39 is 0 Å². The molecule has 18 heavy (non-hydrogen) atoms. The van der Waals surface area contributed by atoms with Gasteiger partial charge in [0.1, 0.15) is 5.82 Å². The van der Waals surface area contributed by atoms with E-state index in [4.69, 9.17) is 0 Å². The molecule has 0 heterocycles. The Morgan fingerprint density at radius 2 is 1.89 bits per heavy atom. The van der Waals surface area contributed by atoms with Gasteiger partial charge < -0.3 is 10.2 Å². The molecule has 4 heteroatoms. The maximum atomic E-state index is 12.7. The fraction of sp³-hybridized carbons (Fsp3) is 0.500. The Balaban J connectivity index is 2.16. The third kappa shape index (κ3) is 6.35. The Labute approximate surface area is 108 Å². The Morgan fingerprint density at radius 3 is 2.50 bits per heavy atom. The van der Waals surface area contributed by atoms with Crippen LogP contribution in [0.3, 0.4) is 0 Å². The zero-order chi connectivity index (χ0) is 13.4. The molecule has 0 spiro atoms. The number of hydrogen-bond acceptors (Lipinski definition) is 2. The Bertz CT molecular complexity index is 363. The number of benzene rings is 1. The fourth-order valence-electron chi connectivity index (χ4n) is 1.63. The van der Waals surface area contributed by atoms with Gasteiger partial charge in [-0.25, -0.2) is 4.39 Å². The van der Waals surface area contributed by atoms with E-state index in [9.17, 15) is 9.18 Å².